The van der Waals surface area contributed by atoms with E-state index in [1.165, 1.54) is 7.11 Å². The Bertz CT molecular complexity index is 685. The molecular weight excluding hydrogens is 408 g/mol. The van der Waals surface area contributed by atoms with Gasteiger partial charge in [0, 0.05) is 38.2 Å². The number of nitrogens with two attached hydrogens (primary N) is 1. The molecule has 0 aromatic carbocycles. The molecule has 32 heavy (non-hydrogen) atoms. The SMILES string of the molecule is COCC(=O)N(C1CC1)C1CCN(C(=O)C2CC2)[C@@H](C(=O)NCC2CCC(CN)CC2)C1. The molecule has 3 saturated carbocycles. The highest BCUT2D eigenvalue weighted by atomic mass is 16.5. The topological polar surface area (TPSA) is 105 Å². The van der Waals surface area contributed by atoms with Crippen LogP contribution < -0.4 is 11.1 Å². The Kier molecular flexibility index (Phi) is 7.71. The van der Waals surface area contributed by atoms with E-state index in [1.807, 2.05) is 4.90 Å². The van der Waals surface area contributed by atoms with Gasteiger partial charge in [-0.25, -0.2) is 0 Å². The fraction of sp³-hybridized carbons (Fsp3) is 0.875. The van der Waals surface area contributed by atoms with E-state index in [0.717, 1.165) is 64.3 Å². The second-order valence-corrected chi connectivity index (χ2v) is 10.3. The van der Waals surface area contributed by atoms with Crippen molar-refractivity contribution >= 4 is 17.7 Å². The predicted octanol–water partition coefficient (Wildman–Crippen LogP) is 1.27. The molecule has 4 rings (SSSR count). The minimum atomic E-state index is -0.487. The minimum Gasteiger partial charge on any atom is -0.375 e. The molecule has 1 heterocycles. The molecule has 1 unspecified atom stereocenters. The molecule has 0 bridgehead atoms. The van der Waals surface area contributed by atoms with E-state index in [4.69, 9.17) is 10.5 Å². The molecule has 8 nitrogen and oxygen atoms in total. The number of methoxy groups -OCH3 is 1. The fourth-order valence-corrected chi connectivity index (χ4v) is 5.57. The number of rotatable bonds is 9. The molecular formula is C24H40N4O4. The van der Waals surface area contributed by atoms with E-state index in [0.29, 0.717) is 31.3 Å². The number of hydrogen-bond donors (Lipinski definition) is 2. The molecule has 3 N–H and O–H groups in total. The molecule has 1 aliphatic heterocycles. The van der Waals surface area contributed by atoms with Crippen LogP contribution in [0.5, 0.6) is 0 Å². The van der Waals surface area contributed by atoms with Gasteiger partial charge in [0.05, 0.1) is 0 Å². The van der Waals surface area contributed by atoms with Crippen molar-refractivity contribution in [3.63, 3.8) is 0 Å². The van der Waals surface area contributed by atoms with Crippen molar-refractivity contribution in [3.05, 3.63) is 0 Å². The van der Waals surface area contributed by atoms with Gasteiger partial charge in [-0.2, -0.15) is 0 Å². The Morgan fingerprint density at radius 3 is 2.25 bits per heavy atom. The van der Waals surface area contributed by atoms with Crippen LogP contribution in [0.2, 0.25) is 0 Å². The van der Waals surface area contributed by atoms with Crippen LogP contribution in [-0.2, 0) is 19.1 Å². The van der Waals surface area contributed by atoms with Gasteiger partial charge in [0.2, 0.25) is 17.7 Å². The van der Waals surface area contributed by atoms with Crippen molar-refractivity contribution in [1.82, 2.24) is 15.1 Å². The van der Waals surface area contributed by atoms with Crippen molar-refractivity contribution < 1.29 is 19.1 Å². The molecule has 3 amide bonds. The van der Waals surface area contributed by atoms with E-state index < -0.39 is 6.04 Å². The van der Waals surface area contributed by atoms with Gasteiger partial charge in [-0.3, -0.25) is 14.4 Å². The maximum Gasteiger partial charge on any atom is 0.249 e. The number of nitrogens with one attached hydrogen (secondary N) is 1. The van der Waals surface area contributed by atoms with Crippen LogP contribution in [0, 0.1) is 17.8 Å². The van der Waals surface area contributed by atoms with Gasteiger partial charge in [-0.15, -0.1) is 0 Å². The molecule has 2 atom stereocenters. The summed E-state index contributed by atoms with van der Waals surface area (Å²) in [5, 5.41) is 3.17. The molecule has 8 heteroatoms. The molecule has 4 fully saturated rings. The summed E-state index contributed by atoms with van der Waals surface area (Å²) in [7, 11) is 1.54. The lowest BCUT2D eigenvalue weighted by atomic mass is 9.82. The zero-order valence-corrected chi connectivity index (χ0v) is 19.5. The van der Waals surface area contributed by atoms with E-state index in [-0.39, 0.29) is 42.3 Å². The van der Waals surface area contributed by atoms with Crippen molar-refractivity contribution in [2.24, 2.45) is 23.5 Å². The first-order valence-corrected chi connectivity index (χ1v) is 12.6. The molecule has 0 aromatic rings. The van der Waals surface area contributed by atoms with Gasteiger partial charge < -0.3 is 25.6 Å². The second kappa shape index (κ2) is 10.5. The maximum absolute atomic E-state index is 13.3. The number of amides is 3. The Morgan fingerprint density at radius 1 is 0.969 bits per heavy atom. The van der Waals surface area contributed by atoms with Crippen molar-refractivity contribution in [2.75, 3.05) is 33.4 Å². The Hall–Kier alpha value is -1.67. The normalized spacial score (nSPS) is 30.6. The van der Waals surface area contributed by atoms with Crippen molar-refractivity contribution in [2.45, 2.75) is 82.3 Å². The number of nitrogens with zero attached hydrogens (tertiary/aromatic N) is 2. The average molecular weight is 449 g/mol. The molecule has 4 aliphatic rings. The van der Waals surface area contributed by atoms with Gasteiger partial charge in [0.15, 0.2) is 0 Å². The third-order valence-corrected chi connectivity index (χ3v) is 7.84. The van der Waals surface area contributed by atoms with E-state index >= 15 is 0 Å². The molecule has 1 saturated heterocycles. The number of carbonyl (C=O) groups is 3. The Labute approximate surface area is 191 Å². The summed E-state index contributed by atoms with van der Waals surface area (Å²) in [5.41, 5.74) is 5.80. The van der Waals surface area contributed by atoms with Crippen LogP contribution in [0.15, 0.2) is 0 Å². The molecule has 3 aliphatic carbocycles. The lowest BCUT2D eigenvalue weighted by Gasteiger charge is -2.43. The van der Waals surface area contributed by atoms with Crippen LogP contribution in [0.25, 0.3) is 0 Å². The number of ether oxygens (including phenoxy) is 1. The molecule has 0 radical (unpaired) electrons. The van der Waals surface area contributed by atoms with Crippen LogP contribution in [0.1, 0.15) is 64.2 Å². The van der Waals surface area contributed by atoms with Gasteiger partial charge >= 0.3 is 0 Å². The Morgan fingerprint density at radius 2 is 1.66 bits per heavy atom. The lowest BCUT2D eigenvalue weighted by Crippen LogP contribution is -2.59. The third-order valence-electron chi connectivity index (χ3n) is 7.84. The van der Waals surface area contributed by atoms with Crippen LogP contribution in [0.4, 0.5) is 0 Å². The zero-order chi connectivity index (χ0) is 22.7. The Balaban J connectivity index is 1.39. The minimum absolute atomic E-state index is 0.00205. The van der Waals surface area contributed by atoms with Gasteiger partial charge in [0.1, 0.15) is 12.6 Å². The summed E-state index contributed by atoms with van der Waals surface area (Å²) in [6, 6.07) is -0.238. The highest BCUT2D eigenvalue weighted by molar-refractivity contribution is 5.90. The van der Waals surface area contributed by atoms with E-state index in [2.05, 4.69) is 5.32 Å². The quantitative estimate of drug-likeness (QED) is 0.553. The molecule has 0 aromatic heterocycles. The number of carbonyl (C=O) groups excluding carboxylic acids is 3. The number of piperidine rings is 1. The fourth-order valence-electron chi connectivity index (χ4n) is 5.57. The summed E-state index contributed by atoms with van der Waals surface area (Å²) in [5.74, 6) is 1.25. The summed E-state index contributed by atoms with van der Waals surface area (Å²) >= 11 is 0. The smallest absolute Gasteiger partial charge is 0.249 e. The van der Waals surface area contributed by atoms with Crippen LogP contribution in [-0.4, -0.2) is 79.0 Å². The average Bonchev–Trinajstić information content (AvgIpc) is 3.71. The summed E-state index contributed by atoms with van der Waals surface area (Å²) < 4.78 is 5.11. The van der Waals surface area contributed by atoms with Gasteiger partial charge in [-0.05, 0) is 82.6 Å². The highest BCUT2D eigenvalue weighted by Gasteiger charge is 2.46. The number of hydrogen-bond acceptors (Lipinski definition) is 5. The third kappa shape index (κ3) is 5.63. The first-order valence-electron chi connectivity index (χ1n) is 12.6. The van der Waals surface area contributed by atoms with E-state index in [1.54, 1.807) is 4.90 Å². The van der Waals surface area contributed by atoms with Gasteiger partial charge in [0.25, 0.3) is 0 Å². The highest BCUT2D eigenvalue weighted by Crippen LogP contribution is 2.37. The lowest BCUT2D eigenvalue weighted by molar-refractivity contribution is -0.148. The second-order valence-electron chi connectivity index (χ2n) is 10.3. The van der Waals surface area contributed by atoms with Gasteiger partial charge in [-0.1, -0.05) is 0 Å². The largest absolute Gasteiger partial charge is 0.375 e. The monoisotopic (exact) mass is 448 g/mol. The molecule has 0 spiro atoms. The predicted molar refractivity (Wildman–Crippen MR) is 121 cm³/mol. The summed E-state index contributed by atoms with van der Waals surface area (Å²) in [6.45, 7) is 2.03. The maximum atomic E-state index is 13.3. The van der Waals surface area contributed by atoms with Crippen molar-refractivity contribution in [3.8, 4) is 0 Å². The van der Waals surface area contributed by atoms with Crippen molar-refractivity contribution in [1.29, 1.82) is 0 Å². The zero-order valence-electron chi connectivity index (χ0n) is 19.5. The van der Waals surface area contributed by atoms with E-state index in [9.17, 15) is 14.4 Å². The summed E-state index contributed by atoms with van der Waals surface area (Å²) in [4.78, 5) is 42.7. The number of likely N-dealkylation sites (tertiary alicyclic amines) is 1. The first-order chi connectivity index (χ1) is 15.5. The first kappa shape index (κ1) is 23.5. The summed E-state index contributed by atoms with van der Waals surface area (Å²) in [6.07, 6.45) is 9.60. The standard InChI is InChI=1S/C24H40N4O4/c1-32-15-22(29)28(19-8-9-19)20-10-11-27(24(31)18-6-7-18)21(12-20)23(30)26-14-17-4-2-16(13-25)3-5-17/h16-21H,2-15,25H2,1H3,(H,26,30)/t16?,17?,20?,21-/m1/s1. The van der Waals surface area contributed by atoms with Crippen LogP contribution in [0.3, 0.4) is 0 Å². The molecule has 180 valence electrons. The van der Waals surface area contributed by atoms with Crippen LogP contribution >= 0.6 is 0 Å².